The third-order valence-corrected chi connectivity index (χ3v) is 4.69. The number of morpholine rings is 1. The number of nitrogens with one attached hydrogen (secondary N) is 1. The summed E-state index contributed by atoms with van der Waals surface area (Å²) in [5, 5.41) is 2.33. The molecule has 0 aromatic heterocycles. The first-order valence-electron chi connectivity index (χ1n) is 10.2. The van der Waals surface area contributed by atoms with Gasteiger partial charge in [0.05, 0.1) is 18.8 Å². The van der Waals surface area contributed by atoms with Gasteiger partial charge in [-0.15, -0.1) is 0 Å². The first-order valence-corrected chi connectivity index (χ1v) is 10.2. The van der Waals surface area contributed by atoms with Gasteiger partial charge in [-0.3, -0.25) is 14.5 Å². The van der Waals surface area contributed by atoms with Crippen molar-refractivity contribution in [2.45, 2.75) is 32.7 Å². The highest BCUT2D eigenvalue weighted by atomic mass is 19.4. The Hall–Kier alpha value is -2.51. The van der Waals surface area contributed by atoms with Crippen LogP contribution in [-0.2, 0) is 14.3 Å². The van der Waals surface area contributed by atoms with E-state index in [0.717, 1.165) is 11.0 Å². The van der Waals surface area contributed by atoms with Crippen LogP contribution in [-0.4, -0.2) is 74.9 Å². The molecule has 1 aromatic rings. The second-order valence-corrected chi connectivity index (χ2v) is 7.84. The van der Waals surface area contributed by atoms with Gasteiger partial charge in [0.1, 0.15) is 12.6 Å². The molecule has 0 saturated carbocycles. The second kappa shape index (κ2) is 11.6. The molecule has 0 radical (unpaired) electrons. The predicted molar refractivity (Wildman–Crippen MR) is 110 cm³/mol. The quantitative estimate of drug-likeness (QED) is 0.498. The fourth-order valence-corrected chi connectivity index (χ4v) is 3.41. The third-order valence-electron chi connectivity index (χ3n) is 4.69. The zero-order valence-electron chi connectivity index (χ0n) is 18.2. The Kier molecular flexibility index (Phi) is 9.37. The van der Waals surface area contributed by atoms with Crippen molar-refractivity contribution in [2.24, 2.45) is 11.7 Å². The summed E-state index contributed by atoms with van der Waals surface area (Å²) >= 11 is 0. The van der Waals surface area contributed by atoms with E-state index in [9.17, 15) is 31.5 Å². The average Bonchev–Trinajstić information content (AvgIpc) is 2.68. The highest BCUT2D eigenvalue weighted by Crippen LogP contribution is 2.32. The van der Waals surface area contributed by atoms with Gasteiger partial charge in [0.2, 0.25) is 5.91 Å². The number of hydrogen-bond donors (Lipinski definition) is 2. The Labute approximate surface area is 187 Å². The van der Waals surface area contributed by atoms with Crippen LogP contribution in [0.3, 0.4) is 0 Å². The molecule has 1 aromatic carbocycles. The number of amides is 2. The molecule has 1 saturated heterocycles. The summed E-state index contributed by atoms with van der Waals surface area (Å²) in [6.45, 7) is -1.46. The molecule has 2 amide bonds. The zero-order chi connectivity index (χ0) is 24.8. The van der Waals surface area contributed by atoms with Crippen molar-refractivity contribution in [2.75, 3.05) is 49.6 Å². The Morgan fingerprint density at radius 2 is 2.03 bits per heavy atom. The Morgan fingerprint density at radius 3 is 2.58 bits per heavy atom. The van der Waals surface area contributed by atoms with E-state index >= 15 is 0 Å². The van der Waals surface area contributed by atoms with Gasteiger partial charge in [-0.2, -0.15) is 22.0 Å². The highest BCUT2D eigenvalue weighted by Gasteiger charge is 2.36. The predicted octanol–water partition coefficient (Wildman–Crippen LogP) is 2.44. The molecule has 1 aliphatic heterocycles. The third kappa shape index (κ3) is 8.09. The van der Waals surface area contributed by atoms with Gasteiger partial charge in [0, 0.05) is 31.4 Å². The lowest BCUT2D eigenvalue weighted by atomic mass is 10.1. The van der Waals surface area contributed by atoms with E-state index in [1.807, 2.05) is 0 Å². The number of rotatable bonds is 10. The summed E-state index contributed by atoms with van der Waals surface area (Å²) in [6, 6.07) is 2.41. The van der Waals surface area contributed by atoms with Gasteiger partial charge in [-0.05, 0) is 18.1 Å². The number of alkyl halides is 5. The Balaban J connectivity index is 2.29. The van der Waals surface area contributed by atoms with E-state index in [1.54, 1.807) is 13.8 Å². The first-order chi connectivity index (χ1) is 15.4. The van der Waals surface area contributed by atoms with E-state index in [4.69, 9.17) is 10.5 Å². The van der Waals surface area contributed by atoms with Crippen LogP contribution >= 0.6 is 0 Å². The molecule has 0 aliphatic carbocycles. The maximum absolute atomic E-state index is 13.0. The van der Waals surface area contributed by atoms with E-state index in [1.165, 1.54) is 17.0 Å². The molecule has 0 spiro atoms. The van der Waals surface area contributed by atoms with E-state index in [-0.39, 0.29) is 49.5 Å². The fraction of sp³-hybridized carbons (Fsp3) is 0.600. The number of benzene rings is 1. The number of anilines is 2. The minimum absolute atomic E-state index is 0.0622. The summed E-state index contributed by atoms with van der Waals surface area (Å²) in [4.78, 5) is 27.0. The van der Waals surface area contributed by atoms with E-state index < -0.39 is 43.6 Å². The summed E-state index contributed by atoms with van der Waals surface area (Å²) < 4.78 is 74.6. The lowest BCUT2D eigenvalue weighted by Crippen LogP contribution is -2.52. The number of nitrogens with zero attached hydrogens (tertiary/aromatic N) is 2. The molecule has 186 valence electrons. The van der Waals surface area contributed by atoms with Gasteiger partial charge in [-0.25, -0.2) is 0 Å². The van der Waals surface area contributed by atoms with Crippen molar-refractivity contribution in [1.29, 1.82) is 0 Å². The lowest BCUT2D eigenvalue weighted by molar-refractivity contribution is -0.154. The molecular formula is C20H27F5N4O4. The van der Waals surface area contributed by atoms with Crippen molar-refractivity contribution in [3.63, 3.8) is 0 Å². The van der Waals surface area contributed by atoms with Crippen molar-refractivity contribution in [3.05, 3.63) is 18.2 Å². The summed E-state index contributed by atoms with van der Waals surface area (Å²) in [5.74, 6) is -1.94. The van der Waals surface area contributed by atoms with Gasteiger partial charge in [0.15, 0.2) is 5.75 Å². The standard InChI is InChI=1S/C20H27F5N4O4/c1-12(2)9-28(11-20(23,24)25)15(8-26)18(31)27-14-4-3-13(7-16(14)33-19(21)22)29-5-6-32-10-17(29)30/h3-4,7,12,15,19H,5-6,8-11,26H2,1-2H3,(H,27,31)/t15-/m0/s1. The van der Waals surface area contributed by atoms with Crippen LogP contribution < -0.4 is 20.7 Å². The zero-order valence-corrected chi connectivity index (χ0v) is 18.2. The SMILES string of the molecule is CC(C)CN(CC(F)(F)F)[C@@H](CN)C(=O)Nc1ccc(N2CCOCC2=O)cc1OC(F)F. The molecule has 1 heterocycles. The van der Waals surface area contributed by atoms with Crippen LogP contribution in [0.1, 0.15) is 13.8 Å². The van der Waals surface area contributed by atoms with Crippen LogP contribution in [0, 0.1) is 5.92 Å². The molecule has 2 rings (SSSR count). The van der Waals surface area contributed by atoms with Crippen LogP contribution in [0.25, 0.3) is 0 Å². The lowest BCUT2D eigenvalue weighted by Gasteiger charge is -2.32. The summed E-state index contributed by atoms with van der Waals surface area (Å²) in [7, 11) is 0. The number of carbonyl (C=O) groups is 2. The van der Waals surface area contributed by atoms with Crippen LogP contribution in [0.15, 0.2) is 18.2 Å². The molecule has 3 N–H and O–H groups in total. The summed E-state index contributed by atoms with van der Waals surface area (Å²) in [6.07, 6.45) is -4.57. The molecule has 1 aliphatic rings. The number of nitrogens with two attached hydrogens (primary N) is 1. The van der Waals surface area contributed by atoms with Crippen molar-refractivity contribution in [1.82, 2.24) is 4.90 Å². The van der Waals surface area contributed by atoms with Crippen molar-refractivity contribution < 1.29 is 41.0 Å². The van der Waals surface area contributed by atoms with Crippen molar-refractivity contribution >= 4 is 23.2 Å². The topological polar surface area (TPSA) is 97.1 Å². The van der Waals surface area contributed by atoms with Gasteiger partial charge in [-0.1, -0.05) is 13.8 Å². The van der Waals surface area contributed by atoms with Crippen LogP contribution in [0.4, 0.5) is 33.3 Å². The molecule has 1 atom stereocenters. The van der Waals surface area contributed by atoms with Crippen LogP contribution in [0.5, 0.6) is 5.75 Å². The number of halogens is 5. The normalized spacial score (nSPS) is 16.0. The largest absolute Gasteiger partial charge is 0.433 e. The van der Waals surface area contributed by atoms with Gasteiger partial charge < -0.3 is 25.4 Å². The monoisotopic (exact) mass is 482 g/mol. The molecule has 1 fully saturated rings. The fourth-order valence-electron chi connectivity index (χ4n) is 3.41. The maximum Gasteiger partial charge on any atom is 0.401 e. The van der Waals surface area contributed by atoms with Crippen LogP contribution in [0.2, 0.25) is 0 Å². The number of ether oxygens (including phenoxy) is 2. The van der Waals surface area contributed by atoms with E-state index in [0.29, 0.717) is 0 Å². The number of hydrogen-bond acceptors (Lipinski definition) is 6. The molecule has 33 heavy (non-hydrogen) atoms. The average molecular weight is 482 g/mol. The molecule has 0 unspecified atom stereocenters. The molecule has 0 bridgehead atoms. The van der Waals surface area contributed by atoms with Gasteiger partial charge >= 0.3 is 12.8 Å². The molecular weight excluding hydrogens is 455 g/mol. The molecule has 13 heteroatoms. The first kappa shape index (κ1) is 26.7. The highest BCUT2D eigenvalue weighted by molar-refractivity contribution is 5.98. The maximum atomic E-state index is 13.0. The minimum Gasteiger partial charge on any atom is -0.433 e. The summed E-state index contributed by atoms with van der Waals surface area (Å²) in [5.41, 5.74) is 5.65. The Bertz CT molecular complexity index is 822. The molecule has 8 nitrogen and oxygen atoms in total. The number of carbonyl (C=O) groups excluding carboxylic acids is 2. The van der Waals surface area contributed by atoms with Gasteiger partial charge in [0.25, 0.3) is 5.91 Å². The Morgan fingerprint density at radius 1 is 1.33 bits per heavy atom. The second-order valence-electron chi connectivity index (χ2n) is 7.84. The van der Waals surface area contributed by atoms with E-state index in [2.05, 4.69) is 10.1 Å². The minimum atomic E-state index is -4.57. The smallest absolute Gasteiger partial charge is 0.401 e. The van der Waals surface area contributed by atoms with Crippen molar-refractivity contribution in [3.8, 4) is 5.75 Å².